The fraction of sp³-hybridized carbons (Fsp3) is 0.250. The highest BCUT2D eigenvalue weighted by Gasteiger charge is 2.27. The molecule has 1 atom stereocenters. The first-order valence-electron chi connectivity index (χ1n) is 7.85. The number of hydrogen-bond acceptors (Lipinski definition) is 3. The van der Waals surface area contributed by atoms with Gasteiger partial charge in [-0.3, -0.25) is 0 Å². The highest BCUT2D eigenvalue weighted by molar-refractivity contribution is 5.68. The first-order chi connectivity index (χ1) is 11.0. The van der Waals surface area contributed by atoms with Crippen molar-refractivity contribution < 1.29 is 0 Å². The molecule has 1 aliphatic rings. The lowest BCUT2D eigenvalue weighted by Crippen LogP contribution is -2.37. The van der Waals surface area contributed by atoms with Crippen molar-refractivity contribution >= 4 is 11.4 Å². The van der Waals surface area contributed by atoms with E-state index in [0.717, 1.165) is 5.69 Å². The Morgan fingerprint density at radius 1 is 0.913 bits per heavy atom. The minimum atomic E-state index is 0.169. The smallest absolute Gasteiger partial charge is 0.107 e. The van der Waals surface area contributed by atoms with Crippen molar-refractivity contribution in [3.8, 4) is 6.07 Å². The molecule has 0 amide bonds. The molecule has 0 fully saturated rings. The lowest BCUT2D eigenvalue weighted by molar-refractivity contribution is 0.745. The molecule has 3 nitrogen and oxygen atoms in total. The number of benzene rings is 2. The lowest BCUT2D eigenvalue weighted by Gasteiger charge is -2.32. The Morgan fingerprint density at radius 2 is 1.57 bits per heavy atom. The molecule has 0 radical (unpaired) electrons. The number of aryl methyl sites for hydroxylation is 3. The summed E-state index contributed by atoms with van der Waals surface area (Å²) in [6.07, 6.45) is 4.39. The number of para-hydroxylation sites is 1. The number of nitrogens with zero attached hydrogens (tertiary/aromatic N) is 3. The van der Waals surface area contributed by atoms with E-state index in [1.54, 1.807) is 0 Å². The Morgan fingerprint density at radius 3 is 2.22 bits per heavy atom. The first-order valence-corrected chi connectivity index (χ1v) is 7.85. The van der Waals surface area contributed by atoms with Gasteiger partial charge < -0.3 is 9.80 Å². The van der Waals surface area contributed by atoms with Crippen molar-refractivity contribution in [1.29, 1.82) is 5.26 Å². The van der Waals surface area contributed by atoms with Crippen LogP contribution in [-0.2, 0) is 0 Å². The van der Waals surface area contributed by atoms with Gasteiger partial charge >= 0.3 is 0 Å². The Labute approximate surface area is 138 Å². The molecule has 2 aromatic rings. The molecule has 116 valence electrons. The third-order valence-electron chi connectivity index (χ3n) is 4.51. The SMILES string of the molecule is Cc1ccc(C#N)cc1N1C=CN(c2c(C)cccc2C)[C@H]1C. The molecule has 1 heterocycles. The third kappa shape index (κ3) is 2.57. The van der Waals surface area contributed by atoms with Crippen LogP contribution in [0, 0.1) is 32.1 Å². The van der Waals surface area contributed by atoms with E-state index in [9.17, 15) is 0 Å². The van der Waals surface area contributed by atoms with Crippen molar-refractivity contribution in [2.75, 3.05) is 9.80 Å². The van der Waals surface area contributed by atoms with Crippen molar-refractivity contribution in [3.05, 3.63) is 71.1 Å². The van der Waals surface area contributed by atoms with E-state index in [1.807, 2.05) is 18.2 Å². The molecule has 0 unspecified atom stereocenters. The zero-order valence-corrected chi connectivity index (χ0v) is 14.0. The topological polar surface area (TPSA) is 30.3 Å². The number of rotatable bonds is 2. The summed E-state index contributed by atoms with van der Waals surface area (Å²) in [4.78, 5) is 4.52. The van der Waals surface area contributed by atoms with E-state index < -0.39 is 0 Å². The van der Waals surface area contributed by atoms with Crippen LogP contribution in [0.25, 0.3) is 0 Å². The van der Waals surface area contributed by atoms with E-state index in [2.05, 4.69) is 74.2 Å². The minimum Gasteiger partial charge on any atom is -0.325 e. The highest BCUT2D eigenvalue weighted by atomic mass is 15.4. The van der Waals surface area contributed by atoms with Gasteiger partial charge in [0.2, 0.25) is 0 Å². The maximum atomic E-state index is 9.17. The maximum Gasteiger partial charge on any atom is 0.107 e. The summed E-state index contributed by atoms with van der Waals surface area (Å²) in [5.41, 5.74) is 6.74. The molecule has 2 aromatic carbocycles. The fourth-order valence-electron chi connectivity index (χ4n) is 3.24. The van der Waals surface area contributed by atoms with Gasteiger partial charge in [-0.05, 0) is 56.5 Å². The van der Waals surface area contributed by atoms with E-state index in [1.165, 1.54) is 22.4 Å². The van der Waals surface area contributed by atoms with E-state index >= 15 is 0 Å². The summed E-state index contributed by atoms with van der Waals surface area (Å²) in [5, 5.41) is 9.17. The molecule has 23 heavy (non-hydrogen) atoms. The predicted octanol–water partition coefficient (Wildman–Crippen LogP) is 4.63. The zero-order valence-electron chi connectivity index (χ0n) is 14.0. The predicted molar refractivity (Wildman–Crippen MR) is 95.4 cm³/mol. The number of anilines is 2. The van der Waals surface area contributed by atoms with Gasteiger partial charge in [-0.2, -0.15) is 5.26 Å². The standard InChI is InChI=1S/C20H21N3/c1-14-8-9-18(13-21)12-19(14)22-10-11-23(17(22)4)20-15(2)6-5-7-16(20)3/h5-12,17H,1-4H3/t17-/m0/s1. The van der Waals surface area contributed by atoms with Crippen LogP contribution in [0.2, 0.25) is 0 Å². The molecule has 1 aliphatic heterocycles. The van der Waals surface area contributed by atoms with Crippen LogP contribution in [-0.4, -0.2) is 6.17 Å². The molecule has 0 aliphatic carbocycles. The zero-order chi connectivity index (χ0) is 16.6. The molecule has 0 bridgehead atoms. The van der Waals surface area contributed by atoms with E-state index in [-0.39, 0.29) is 6.17 Å². The Balaban J connectivity index is 1.99. The highest BCUT2D eigenvalue weighted by Crippen LogP contribution is 2.34. The molecule has 0 N–H and O–H groups in total. The van der Waals surface area contributed by atoms with E-state index in [0.29, 0.717) is 5.56 Å². The van der Waals surface area contributed by atoms with Crippen LogP contribution >= 0.6 is 0 Å². The maximum absolute atomic E-state index is 9.17. The molecule has 3 rings (SSSR count). The summed E-state index contributed by atoms with van der Waals surface area (Å²) in [6.45, 7) is 8.56. The van der Waals surface area contributed by atoms with Crippen LogP contribution < -0.4 is 9.80 Å². The van der Waals surface area contributed by atoms with Crippen LogP contribution in [0.15, 0.2) is 48.8 Å². The van der Waals surface area contributed by atoms with Crippen LogP contribution in [0.1, 0.15) is 29.2 Å². The largest absolute Gasteiger partial charge is 0.325 e. The van der Waals surface area contributed by atoms with Gasteiger partial charge in [-0.15, -0.1) is 0 Å². The Hall–Kier alpha value is -2.73. The van der Waals surface area contributed by atoms with Gasteiger partial charge in [0, 0.05) is 23.8 Å². The quantitative estimate of drug-likeness (QED) is 0.810. The summed E-state index contributed by atoms with van der Waals surface area (Å²) in [7, 11) is 0. The van der Waals surface area contributed by atoms with Crippen molar-refractivity contribution in [3.63, 3.8) is 0 Å². The van der Waals surface area contributed by atoms with Crippen LogP contribution in [0.4, 0.5) is 11.4 Å². The third-order valence-corrected chi connectivity index (χ3v) is 4.51. The summed E-state index contributed by atoms with van der Waals surface area (Å²) < 4.78 is 0. The average molecular weight is 303 g/mol. The second-order valence-corrected chi connectivity index (χ2v) is 6.10. The Kier molecular flexibility index (Phi) is 3.83. The van der Waals surface area contributed by atoms with Gasteiger partial charge in [0.1, 0.15) is 6.17 Å². The minimum absolute atomic E-state index is 0.169. The lowest BCUT2D eigenvalue weighted by atomic mass is 10.1. The second kappa shape index (κ2) is 5.81. The van der Waals surface area contributed by atoms with Gasteiger partial charge in [-0.1, -0.05) is 24.3 Å². The molecular formula is C20H21N3. The van der Waals surface area contributed by atoms with Gasteiger partial charge in [0.15, 0.2) is 0 Å². The summed E-state index contributed by atoms with van der Waals surface area (Å²) in [6, 6.07) is 14.5. The summed E-state index contributed by atoms with van der Waals surface area (Å²) >= 11 is 0. The number of hydrogen-bond donors (Lipinski definition) is 0. The fourth-order valence-corrected chi connectivity index (χ4v) is 3.24. The second-order valence-electron chi connectivity index (χ2n) is 6.10. The molecule has 0 saturated carbocycles. The van der Waals surface area contributed by atoms with Crippen LogP contribution in [0.5, 0.6) is 0 Å². The molecule has 0 saturated heterocycles. The summed E-state index contributed by atoms with van der Waals surface area (Å²) in [5.74, 6) is 0. The molecule has 0 aromatic heterocycles. The number of nitriles is 1. The van der Waals surface area contributed by atoms with Crippen molar-refractivity contribution in [2.24, 2.45) is 0 Å². The molecule has 0 spiro atoms. The molecular weight excluding hydrogens is 282 g/mol. The molecule has 3 heteroatoms. The monoisotopic (exact) mass is 303 g/mol. The van der Waals surface area contributed by atoms with Crippen molar-refractivity contribution in [2.45, 2.75) is 33.9 Å². The Bertz CT molecular complexity index is 794. The first kappa shape index (κ1) is 15.2. The van der Waals surface area contributed by atoms with E-state index in [4.69, 9.17) is 5.26 Å². The normalized spacial score (nSPS) is 16.7. The van der Waals surface area contributed by atoms with Crippen molar-refractivity contribution in [1.82, 2.24) is 0 Å². The van der Waals surface area contributed by atoms with Gasteiger partial charge in [0.25, 0.3) is 0 Å². The average Bonchev–Trinajstić information content (AvgIpc) is 2.89. The van der Waals surface area contributed by atoms with Crippen LogP contribution in [0.3, 0.4) is 0 Å². The van der Waals surface area contributed by atoms with Gasteiger partial charge in [-0.25, -0.2) is 0 Å². The van der Waals surface area contributed by atoms with Gasteiger partial charge in [0.05, 0.1) is 11.6 Å².